The first kappa shape index (κ1) is 16.5. The van der Waals surface area contributed by atoms with Crippen molar-refractivity contribution in [3.63, 3.8) is 0 Å². The maximum Gasteiger partial charge on any atom is 0.329 e. The summed E-state index contributed by atoms with van der Waals surface area (Å²) in [4.78, 5) is 36.8. The second-order valence-electron chi connectivity index (χ2n) is 4.95. The number of likely N-dealkylation sites (tertiary alicyclic amines) is 1. The van der Waals surface area contributed by atoms with E-state index in [4.69, 9.17) is 4.74 Å². The SMILES string of the molecule is CCCNC(=O)COC(=O)[C@@H]1CCCN1C(=O)CCC. The van der Waals surface area contributed by atoms with Crippen molar-refractivity contribution >= 4 is 17.8 Å². The van der Waals surface area contributed by atoms with Crippen LogP contribution in [-0.2, 0) is 19.1 Å². The summed E-state index contributed by atoms with van der Waals surface area (Å²) in [5, 5.41) is 2.64. The Morgan fingerprint density at radius 1 is 1.25 bits per heavy atom. The first-order valence-electron chi connectivity index (χ1n) is 7.33. The quantitative estimate of drug-likeness (QED) is 0.703. The number of esters is 1. The normalized spacial score (nSPS) is 17.9. The van der Waals surface area contributed by atoms with Crippen molar-refractivity contribution in [2.75, 3.05) is 19.7 Å². The molecule has 1 atom stereocenters. The highest BCUT2D eigenvalue weighted by molar-refractivity contribution is 5.87. The van der Waals surface area contributed by atoms with Crippen LogP contribution in [0.1, 0.15) is 46.0 Å². The fourth-order valence-electron chi connectivity index (χ4n) is 2.22. The van der Waals surface area contributed by atoms with Crippen molar-refractivity contribution in [3.05, 3.63) is 0 Å². The lowest BCUT2D eigenvalue weighted by molar-refractivity contribution is -0.156. The molecule has 1 aliphatic heterocycles. The molecule has 1 rings (SSSR count). The first-order chi connectivity index (χ1) is 9.60. The highest BCUT2D eigenvalue weighted by atomic mass is 16.5. The third kappa shape index (κ3) is 4.83. The van der Waals surface area contributed by atoms with E-state index in [2.05, 4.69) is 5.32 Å². The number of carbonyl (C=O) groups is 3. The van der Waals surface area contributed by atoms with Gasteiger partial charge < -0.3 is 15.0 Å². The number of nitrogens with zero attached hydrogens (tertiary/aromatic N) is 1. The van der Waals surface area contributed by atoms with Gasteiger partial charge in [0.1, 0.15) is 6.04 Å². The largest absolute Gasteiger partial charge is 0.454 e. The third-order valence-electron chi connectivity index (χ3n) is 3.23. The van der Waals surface area contributed by atoms with Gasteiger partial charge in [-0.25, -0.2) is 4.79 Å². The molecule has 2 amide bonds. The topological polar surface area (TPSA) is 75.7 Å². The van der Waals surface area contributed by atoms with Crippen LogP contribution in [0.5, 0.6) is 0 Å². The Morgan fingerprint density at radius 3 is 2.65 bits per heavy atom. The predicted molar refractivity (Wildman–Crippen MR) is 73.9 cm³/mol. The first-order valence-corrected chi connectivity index (χ1v) is 7.33. The van der Waals surface area contributed by atoms with E-state index in [1.807, 2.05) is 13.8 Å². The summed E-state index contributed by atoms with van der Waals surface area (Å²) in [6, 6.07) is -0.520. The highest BCUT2D eigenvalue weighted by Crippen LogP contribution is 2.19. The molecule has 1 aliphatic rings. The molecule has 0 aromatic heterocycles. The van der Waals surface area contributed by atoms with Crippen LogP contribution in [0, 0.1) is 0 Å². The summed E-state index contributed by atoms with van der Waals surface area (Å²) in [6.07, 6.45) is 3.46. The lowest BCUT2D eigenvalue weighted by Gasteiger charge is -2.23. The summed E-state index contributed by atoms with van der Waals surface area (Å²) in [5.41, 5.74) is 0. The van der Waals surface area contributed by atoms with Crippen LogP contribution in [0.3, 0.4) is 0 Å². The van der Waals surface area contributed by atoms with E-state index in [9.17, 15) is 14.4 Å². The molecule has 20 heavy (non-hydrogen) atoms. The van der Waals surface area contributed by atoms with Crippen LogP contribution in [0.2, 0.25) is 0 Å². The van der Waals surface area contributed by atoms with Crippen molar-refractivity contribution < 1.29 is 19.1 Å². The van der Waals surface area contributed by atoms with E-state index in [-0.39, 0.29) is 18.4 Å². The van der Waals surface area contributed by atoms with Gasteiger partial charge in [0.15, 0.2) is 6.61 Å². The van der Waals surface area contributed by atoms with Crippen molar-refractivity contribution in [3.8, 4) is 0 Å². The van der Waals surface area contributed by atoms with Crippen molar-refractivity contribution in [2.24, 2.45) is 0 Å². The lowest BCUT2D eigenvalue weighted by atomic mass is 10.2. The third-order valence-corrected chi connectivity index (χ3v) is 3.23. The molecule has 114 valence electrons. The Bertz CT molecular complexity index is 357. The van der Waals surface area contributed by atoms with Gasteiger partial charge in [0.2, 0.25) is 5.91 Å². The molecular formula is C14H24N2O4. The molecule has 0 spiro atoms. The maximum atomic E-state index is 11.9. The number of amides is 2. The predicted octanol–water partition coefficient (Wildman–Crippen LogP) is 0.847. The van der Waals surface area contributed by atoms with E-state index in [1.54, 1.807) is 4.90 Å². The number of hydrogen-bond acceptors (Lipinski definition) is 4. The van der Waals surface area contributed by atoms with Gasteiger partial charge in [-0.2, -0.15) is 0 Å². The molecule has 0 radical (unpaired) electrons. The van der Waals surface area contributed by atoms with E-state index >= 15 is 0 Å². The summed E-state index contributed by atoms with van der Waals surface area (Å²) in [7, 11) is 0. The molecule has 6 heteroatoms. The number of nitrogens with one attached hydrogen (secondary N) is 1. The fraction of sp³-hybridized carbons (Fsp3) is 0.786. The zero-order valence-corrected chi connectivity index (χ0v) is 12.3. The second-order valence-corrected chi connectivity index (χ2v) is 4.95. The van der Waals surface area contributed by atoms with Gasteiger partial charge in [-0.15, -0.1) is 0 Å². The molecule has 1 N–H and O–H groups in total. The average molecular weight is 284 g/mol. The van der Waals surface area contributed by atoms with Gasteiger partial charge >= 0.3 is 5.97 Å². The summed E-state index contributed by atoms with van der Waals surface area (Å²) in [6.45, 7) is 4.77. The van der Waals surface area contributed by atoms with Crippen LogP contribution >= 0.6 is 0 Å². The molecule has 0 unspecified atom stereocenters. The summed E-state index contributed by atoms with van der Waals surface area (Å²) < 4.78 is 5.00. The van der Waals surface area contributed by atoms with Crippen LogP contribution in [0.25, 0.3) is 0 Å². The Hall–Kier alpha value is -1.59. The van der Waals surface area contributed by atoms with Gasteiger partial charge in [-0.05, 0) is 25.7 Å². The number of ether oxygens (including phenoxy) is 1. The summed E-state index contributed by atoms with van der Waals surface area (Å²) >= 11 is 0. The second kappa shape index (κ2) is 8.55. The van der Waals surface area contributed by atoms with Gasteiger partial charge in [0.05, 0.1) is 0 Å². The smallest absolute Gasteiger partial charge is 0.329 e. The Balaban J connectivity index is 2.41. The van der Waals surface area contributed by atoms with Crippen molar-refractivity contribution in [1.82, 2.24) is 10.2 Å². The molecule has 0 aromatic rings. The Labute approximate surface area is 119 Å². The lowest BCUT2D eigenvalue weighted by Crippen LogP contribution is -2.42. The number of hydrogen-bond donors (Lipinski definition) is 1. The zero-order valence-electron chi connectivity index (χ0n) is 12.3. The van der Waals surface area contributed by atoms with E-state index in [0.717, 1.165) is 19.3 Å². The molecule has 0 bridgehead atoms. The summed E-state index contributed by atoms with van der Waals surface area (Å²) in [5.74, 6) is -0.786. The molecule has 1 saturated heterocycles. The van der Waals surface area contributed by atoms with Gasteiger partial charge in [-0.1, -0.05) is 13.8 Å². The van der Waals surface area contributed by atoms with Gasteiger partial charge in [-0.3, -0.25) is 9.59 Å². The molecule has 0 saturated carbocycles. The fourth-order valence-corrected chi connectivity index (χ4v) is 2.22. The van der Waals surface area contributed by atoms with Crippen LogP contribution in [0.4, 0.5) is 0 Å². The molecule has 1 heterocycles. The highest BCUT2D eigenvalue weighted by Gasteiger charge is 2.34. The zero-order chi connectivity index (χ0) is 15.0. The van der Waals surface area contributed by atoms with Crippen LogP contribution in [0.15, 0.2) is 0 Å². The van der Waals surface area contributed by atoms with E-state index in [0.29, 0.717) is 25.9 Å². The minimum Gasteiger partial charge on any atom is -0.454 e. The van der Waals surface area contributed by atoms with Crippen LogP contribution in [-0.4, -0.2) is 48.4 Å². The van der Waals surface area contributed by atoms with Gasteiger partial charge in [0.25, 0.3) is 5.91 Å². The standard InChI is InChI=1S/C14H24N2O4/c1-3-6-13(18)16-9-5-7-11(16)14(19)20-10-12(17)15-8-4-2/h11H,3-10H2,1-2H3,(H,15,17)/t11-/m0/s1. The molecule has 0 aromatic carbocycles. The van der Waals surface area contributed by atoms with E-state index in [1.165, 1.54) is 0 Å². The molecule has 0 aliphatic carbocycles. The monoisotopic (exact) mass is 284 g/mol. The van der Waals surface area contributed by atoms with Crippen molar-refractivity contribution in [2.45, 2.75) is 52.0 Å². The minimum absolute atomic E-state index is 0.0117. The molecule has 6 nitrogen and oxygen atoms in total. The Kier molecular flexibility index (Phi) is 7.04. The van der Waals surface area contributed by atoms with Gasteiger partial charge in [0, 0.05) is 19.5 Å². The molecular weight excluding hydrogens is 260 g/mol. The minimum atomic E-state index is -0.520. The Morgan fingerprint density at radius 2 is 2.00 bits per heavy atom. The molecule has 1 fully saturated rings. The number of rotatable bonds is 7. The van der Waals surface area contributed by atoms with E-state index < -0.39 is 12.0 Å². The van der Waals surface area contributed by atoms with Crippen molar-refractivity contribution in [1.29, 1.82) is 0 Å². The maximum absolute atomic E-state index is 11.9. The number of carbonyl (C=O) groups excluding carboxylic acids is 3. The van der Waals surface area contributed by atoms with Crippen LogP contribution < -0.4 is 5.32 Å². The average Bonchev–Trinajstić information content (AvgIpc) is 2.92.